The molecule has 0 heterocycles. The molecule has 0 rings (SSSR count). The predicted molar refractivity (Wildman–Crippen MR) is 101 cm³/mol. The fourth-order valence-corrected chi connectivity index (χ4v) is 1.94. The molecule has 0 aromatic heterocycles. The second kappa shape index (κ2) is 22.7. The van der Waals surface area contributed by atoms with E-state index in [-0.39, 0.29) is 0 Å². The molecule has 0 aliphatic carbocycles. The van der Waals surface area contributed by atoms with Crippen LogP contribution < -0.4 is 32.3 Å². The normalized spacial score (nSPS) is 11.2. The van der Waals surface area contributed by atoms with Crippen molar-refractivity contribution < 1.29 is 9.47 Å². The molecule has 0 saturated heterocycles. The molecule has 7 N–H and O–H groups in total. The summed E-state index contributed by atoms with van der Waals surface area (Å²) in [4.78, 5) is 0. The van der Waals surface area contributed by atoms with Gasteiger partial charge in [0.05, 0.1) is 19.8 Å². The molecule has 0 aromatic carbocycles. The fourth-order valence-electron chi connectivity index (χ4n) is 1.94. The molecule has 0 aliphatic heterocycles. The lowest BCUT2D eigenvalue weighted by molar-refractivity contribution is 0.138. The Bertz CT molecular complexity index is 203. The van der Waals surface area contributed by atoms with Gasteiger partial charge in [0.25, 0.3) is 0 Å². The molecule has 0 aromatic rings. The lowest BCUT2D eigenvalue weighted by atomic mass is 10.5. The van der Waals surface area contributed by atoms with Crippen LogP contribution in [0.15, 0.2) is 0 Å². The SMILES string of the molecule is CCOCCNCCNCCNCCOCCNCCNCCN. The fraction of sp³-hybridized carbons (Fsp3) is 1.00. The van der Waals surface area contributed by atoms with Crippen molar-refractivity contribution in [3.8, 4) is 0 Å². The highest BCUT2D eigenvalue weighted by Crippen LogP contribution is 1.73. The van der Waals surface area contributed by atoms with E-state index in [1.807, 2.05) is 6.92 Å². The van der Waals surface area contributed by atoms with Crippen LogP contribution in [-0.2, 0) is 9.47 Å². The zero-order valence-electron chi connectivity index (χ0n) is 15.5. The van der Waals surface area contributed by atoms with Crippen LogP contribution in [0.4, 0.5) is 0 Å². The molecule has 146 valence electrons. The second-order valence-corrected chi connectivity index (χ2v) is 5.35. The van der Waals surface area contributed by atoms with Crippen molar-refractivity contribution in [1.82, 2.24) is 26.6 Å². The smallest absolute Gasteiger partial charge is 0.0591 e. The van der Waals surface area contributed by atoms with Crippen LogP contribution in [0.5, 0.6) is 0 Å². The molecule has 0 saturated carbocycles. The summed E-state index contributed by atoms with van der Waals surface area (Å²) in [5, 5.41) is 16.6. The summed E-state index contributed by atoms with van der Waals surface area (Å²) in [7, 11) is 0. The van der Waals surface area contributed by atoms with Gasteiger partial charge >= 0.3 is 0 Å². The highest BCUT2D eigenvalue weighted by Gasteiger charge is 1.92. The van der Waals surface area contributed by atoms with E-state index >= 15 is 0 Å². The number of nitrogens with two attached hydrogens (primary N) is 1. The monoisotopic (exact) mass is 348 g/mol. The minimum atomic E-state index is 0.691. The lowest BCUT2D eigenvalue weighted by Crippen LogP contribution is -2.34. The zero-order chi connectivity index (χ0) is 17.6. The van der Waals surface area contributed by atoms with Gasteiger partial charge in [-0.05, 0) is 6.92 Å². The third kappa shape index (κ3) is 21.7. The average Bonchev–Trinajstić information content (AvgIpc) is 2.60. The van der Waals surface area contributed by atoms with E-state index in [0.717, 1.165) is 91.9 Å². The Morgan fingerprint density at radius 1 is 0.542 bits per heavy atom. The Morgan fingerprint density at radius 2 is 0.917 bits per heavy atom. The summed E-state index contributed by atoms with van der Waals surface area (Å²) in [5.74, 6) is 0. The topological polar surface area (TPSA) is 105 Å². The Hall–Kier alpha value is -0.320. The highest BCUT2D eigenvalue weighted by atomic mass is 16.5. The van der Waals surface area contributed by atoms with Crippen LogP contribution in [0, 0.1) is 0 Å². The summed E-state index contributed by atoms with van der Waals surface area (Å²) in [6.07, 6.45) is 0. The first-order valence-electron chi connectivity index (χ1n) is 9.31. The van der Waals surface area contributed by atoms with Crippen LogP contribution >= 0.6 is 0 Å². The molecule has 0 fully saturated rings. The molecule has 8 heteroatoms. The van der Waals surface area contributed by atoms with Crippen LogP contribution in [-0.4, -0.2) is 98.4 Å². The van der Waals surface area contributed by atoms with Crippen LogP contribution in [0.25, 0.3) is 0 Å². The van der Waals surface area contributed by atoms with Gasteiger partial charge in [0.15, 0.2) is 0 Å². The summed E-state index contributed by atoms with van der Waals surface area (Å²) in [5.41, 5.74) is 5.39. The van der Waals surface area contributed by atoms with Gasteiger partial charge in [-0.15, -0.1) is 0 Å². The number of rotatable bonds is 21. The maximum absolute atomic E-state index is 5.55. The van der Waals surface area contributed by atoms with Crippen molar-refractivity contribution in [2.24, 2.45) is 5.73 Å². The largest absolute Gasteiger partial charge is 0.380 e. The van der Waals surface area contributed by atoms with Crippen LogP contribution in [0.1, 0.15) is 6.92 Å². The highest BCUT2D eigenvalue weighted by molar-refractivity contribution is 4.55. The van der Waals surface area contributed by atoms with Gasteiger partial charge in [-0.25, -0.2) is 0 Å². The molecule has 0 spiro atoms. The molecule has 24 heavy (non-hydrogen) atoms. The molecule has 0 bridgehead atoms. The first-order chi connectivity index (χ1) is 11.9. The number of nitrogens with one attached hydrogen (secondary N) is 5. The van der Waals surface area contributed by atoms with E-state index in [9.17, 15) is 0 Å². The first-order valence-corrected chi connectivity index (χ1v) is 9.31. The molecular formula is C16H40N6O2. The molecule has 8 nitrogen and oxygen atoms in total. The maximum Gasteiger partial charge on any atom is 0.0591 e. The van der Waals surface area contributed by atoms with E-state index in [4.69, 9.17) is 15.2 Å². The van der Waals surface area contributed by atoms with Crippen molar-refractivity contribution in [2.75, 3.05) is 98.4 Å². The molecule has 0 amide bonds. The third-order valence-corrected chi connectivity index (χ3v) is 3.23. The van der Waals surface area contributed by atoms with E-state index in [0.29, 0.717) is 6.54 Å². The third-order valence-electron chi connectivity index (χ3n) is 3.23. The van der Waals surface area contributed by atoms with Gasteiger partial charge in [-0.2, -0.15) is 0 Å². The van der Waals surface area contributed by atoms with Crippen molar-refractivity contribution in [2.45, 2.75) is 6.92 Å². The number of hydrogen-bond donors (Lipinski definition) is 6. The van der Waals surface area contributed by atoms with Crippen molar-refractivity contribution in [3.63, 3.8) is 0 Å². The first kappa shape index (κ1) is 23.7. The molecular weight excluding hydrogens is 308 g/mol. The second-order valence-electron chi connectivity index (χ2n) is 5.35. The summed E-state index contributed by atoms with van der Waals surface area (Å²) in [6, 6.07) is 0. The minimum Gasteiger partial charge on any atom is -0.380 e. The lowest BCUT2D eigenvalue weighted by Gasteiger charge is -2.09. The average molecular weight is 349 g/mol. The quantitative estimate of drug-likeness (QED) is 0.132. The van der Waals surface area contributed by atoms with Crippen LogP contribution in [0.2, 0.25) is 0 Å². The summed E-state index contributed by atoms with van der Waals surface area (Å²) < 4.78 is 10.8. The van der Waals surface area contributed by atoms with Crippen molar-refractivity contribution in [3.05, 3.63) is 0 Å². The Kier molecular flexibility index (Phi) is 22.4. The number of hydrogen-bond acceptors (Lipinski definition) is 8. The van der Waals surface area contributed by atoms with E-state index in [2.05, 4.69) is 26.6 Å². The predicted octanol–water partition coefficient (Wildman–Crippen LogP) is -2.05. The summed E-state index contributed by atoms with van der Waals surface area (Å²) >= 11 is 0. The van der Waals surface area contributed by atoms with Gasteiger partial charge in [0.1, 0.15) is 0 Å². The summed E-state index contributed by atoms with van der Waals surface area (Å²) in [6.45, 7) is 15.2. The van der Waals surface area contributed by atoms with Crippen LogP contribution in [0.3, 0.4) is 0 Å². The Labute approximate surface area is 148 Å². The zero-order valence-corrected chi connectivity index (χ0v) is 15.5. The molecule has 0 unspecified atom stereocenters. The van der Waals surface area contributed by atoms with Crippen molar-refractivity contribution in [1.29, 1.82) is 0 Å². The van der Waals surface area contributed by atoms with Gasteiger partial charge in [-0.1, -0.05) is 0 Å². The van der Waals surface area contributed by atoms with E-state index in [1.165, 1.54) is 0 Å². The Balaban J connectivity index is 2.93. The molecule has 0 radical (unpaired) electrons. The van der Waals surface area contributed by atoms with Gasteiger partial charge < -0.3 is 41.8 Å². The number of ether oxygens (including phenoxy) is 2. The van der Waals surface area contributed by atoms with Gasteiger partial charge in [-0.3, -0.25) is 0 Å². The van der Waals surface area contributed by atoms with Gasteiger partial charge in [0, 0.05) is 78.6 Å². The minimum absolute atomic E-state index is 0.691. The maximum atomic E-state index is 5.55. The van der Waals surface area contributed by atoms with Gasteiger partial charge in [0.2, 0.25) is 0 Å². The molecule has 0 aliphatic rings. The van der Waals surface area contributed by atoms with Crippen molar-refractivity contribution >= 4 is 0 Å². The van der Waals surface area contributed by atoms with E-state index in [1.54, 1.807) is 0 Å². The Morgan fingerprint density at radius 3 is 1.33 bits per heavy atom. The molecule has 0 atom stereocenters. The standard InChI is InChI=1S/C16H40N6O2/c1-2-23-14-11-20-9-6-19-7-10-22-13-16-24-15-12-21-8-5-18-4-3-17/h18-22H,2-17H2,1H3. The van der Waals surface area contributed by atoms with E-state index < -0.39 is 0 Å².